The molecule has 0 unspecified atom stereocenters. The summed E-state index contributed by atoms with van der Waals surface area (Å²) < 4.78 is 5.18. The summed E-state index contributed by atoms with van der Waals surface area (Å²) >= 11 is 6.13. The van der Waals surface area contributed by atoms with Crippen LogP contribution >= 0.6 is 11.6 Å². The topological polar surface area (TPSA) is 32.8 Å². The number of benzene rings is 2. The lowest BCUT2D eigenvalue weighted by Gasteiger charge is -2.35. The van der Waals surface area contributed by atoms with E-state index in [-0.39, 0.29) is 5.91 Å². The molecule has 1 fully saturated rings. The molecule has 4 nitrogen and oxygen atoms in total. The first kappa shape index (κ1) is 16.8. The summed E-state index contributed by atoms with van der Waals surface area (Å²) in [4.78, 5) is 16.8. The van der Waals surface area contributed by atoms with Crippen molar-refractivity contribution < 1.29 is 9.53 Å². The number of nitrogens with zero attached hydrogens (tertiary/aromatic N) is 2. The van der Waals surface area contributed by atoms with E-state index in [9.17, 15) is 4.79 Å². The van der Waals surface area contributed by atoms with Crippen LogP contribution in [-0.2, 0) is 6.54 Å². The molecule has 0 atom stereocenters. The van der Waals surface area contributed by atoms with Crippen molar-refractivity contribution in [3.63, 3.8) is 0 Å². The van der Waals surface area contributed by atoms with Crippen molar-refractivity contribution in [2.45, 2.75) is 6.54 Å². The minimum absolute atomic E-state index is 0.0182. The van der Waals surface area contributed by atoms with Gasteiger partial charge in [0, 0.05) is 32.7 Å². The SMILES string of the molecule is COc1ccc(CN2CCN(C(=O)c3ccccc3Cl)CC2)cc1. The largest absolute Gasteiger partial charge is 0.497 e. The average Bonchev–Trinajstić information content (AvgIpc) is 2.63. The molecule has 0 aliphatic carbocycles. The van der Waals surface area contributed by atoms with Crippen LogP contribution < -0.4 is 4.74 Å². The summed E-state index contributed by atoms with van der Waals surface area (Å²) in [5.74, 6) is 0.888. The van der Waals surface area contributed by atoms with Crippen molar-refractivity contribution in [2.24, 2.45) is 0 Å². The number of piperazine rings is 1. The summed E-state index contributed by atoms with van der Waals surface area (Å²) in [6.45, 7) is 4.06. The predicted octanol–water partition coefficient (Wildman–Crippen LogP) is 3.31. The van der Waals surface area contributed by atoms with Gasteiger partial charge in [-0.25, -0.2) is 0 Å². The molecule has 5 heteroatoms. The number of hydrogen-bond acceptors (Lipinski definition) is 3. The van der Waals surface area contributed by atoms with Crippen LogP contribution in [0.2, 0.25) is 5.02 Å². The summed E-state index contributed by atoms with van der Waals surface area (Å²) in [5.41, 5.74) is 1.84. The second-order valence-corrected chi connectivity index (χ2v) is 6.30. The number of carbonyl (C=O) groups is 1. The second kappa shape index (κ2) is 7.69. The minimum atomic E-state index is 0.0182. The quantitative estimate of drug-likeness (QED) is 0.853. The van der Waals surface area contributed by atoms with Crippen LogP contribution in [0, 0.1) is 0 Å². The van der Waals surface area contributed by atoms with Crippen LogP contribution in [-0.4, -0.2) is 49.0 Å². The Labute approximate surface area is 147 Å². The van der Waals surface area contributed by atoms with Crippen LogP contribution in [0.5, 0.6) is 5.75 Å². The van der Waals surface area contributed by atoms with Gasteiger partial charge in [0.05, 0.1) is 17.7 Å². The van der Waals surface area contributed by atoms with Gasteiger partial charge >= 0.3 is 0 Å². The van der Waals surface area contributed by atoms with Crippen molar-refractivity contribution in [1.29, 1.82) is 0 Å². The van der Waals surface area contributed by atoms with E-state index in [0.29, 0.717) is 10.6 Å². The lowest BCUT2D eigenvalue weighted by atomic mass is 10.1. The standard InChI is InChI=1S/C19H21ClN2O2/c1-24-16-8-6-15(7-9-16)14-21-10-12-22(13-11-21)19(23)17-4-2-3-5-18(17)20/h2-9H,10-14H2,1H3. The van der Waals surface area contributed by atoms with E-state index in [1.165, 1.54) is 5.56 Å². The zero-order chi connectivity index (χ0) is 16.9. The third kappa shape index (κ3) is 3.89. The Morgan fingerprint density at radius 2 is 1.71 bits per heavy atom. The second-order valence-electron chi connectivity index (χ2n) is 5.90. The number of carbonyl (C=O) groups excluding carboxylic acids is 1. The highest BCUT2D eigenvalue weighted by atomic mass is 35.5. The van der Waals surface area contributed by atoms with Crippen LogP contribution in [0.15, 0.2) is 48.5 Å². The molecular formula is C19H21ClN2O2. The molecule has 1 heterocycles. The Morgan fingerprint density at radius 1 is 1.04 bits per heavy atom. The van der Waals surface area contributed by atoms with E-state index in [1.54, 1.807) is 19.2 Å². The maximum absolute atomic E-state index is 12.6. The van der Waals surface area contributed by atoms with Gasteiger partial charge in [-0.1, -0.05) is 35.9 Å². The van der Waals surface area contributed by atoms with E-state index >= 15 is 0 Å². The molecular weight excluding hydrogens is 324 g/mol. The molecule has 0 radical (unpaired) electrons. The van der Waals surface area contributed by atoms with E-state index in [1.807, 2.05) is 29.2 Å². The number of ether oxygens (including phenoxy) is 1. The zero-order valence-electron chi connectivity index (χ0n) is 13.7. The first-order chi connectivity index (χ1) is 11.7. The molecule has 1 saturated heterocycles. The normalized spacial score (nSPS) is 15.3. The number of hydrogen-bond donors (Lipinski definition) is 0. The highest BCUT2D eigenvalue weighted by Crippen LogP contribution is 2.19. The zero-order valence-corrected chi connectivity index (χ0v) is 14.5. The van der Waals surface area contributed by atoms with Crippen molar-refractivity contribution in [3.8, 4) is 5.75 Å². The molecule has 0 saturated carbocycles. The van der Waals surface area contributed by atoms with Crippen LogP contribution in [0.25, 0.3) is 0 Å². The van der Waals surface area contributed by atoms with Gasteiger partial charge in [0.2, 0.25) is 0 Å². The van der Waals surface area contributed by atoms with Crippen molar-refractivity contribution >= 4 is 17.5 Å². The molecule has 0 N–H and O–H groups in total. The Hall–Kier alpha value is -2.04. The molecule has 1 aliphatic heterocycles. The van der Waals surface area contributed by atoms with Gasteiger partial charge in [-0.2, -0.15) is 0 Å². The third-order valence-corrected chi connectivity index (χ3v) is 4.66. The number of methoxy groups -OCH3 is 1. The predicted molar refractivity (Wildman–Crippen MR) is 95.6 cm³/mol. The van der Waals surface area contributed by atoms with E-state index in [4.69, 9.17) is 16.3 Å². The Kier molecular flexibility index (Phi) is 5.38. The van der Waals surface area contributed by atoms with Crippen LogP contribution in [0.4, 0.5) is 0 Å². The molecule has 0 spiro atoms. The van der Waals surface area contributed by atoms with Crippen LogP contribution in [0.3, 0.4) is 0 Å². The molecule has 2 aromatic rings. The van der Waals surface area contributed by atoms with Gasteiger partial charge in [-0.3, -0.25) is 9.69 Å². The monoisotopic (exact) mass is 344 g/mol. The fourth-order valence-corrected chi connectivity index (χ4v) is 3.12. The van der Waals surface area contributed by atoms with E-state index in [0.717, 1.165) is 38.5 Å². The van der Waals surface area contributed by atoms with Gasteiger partial charge in [0.25, 0.3) is 5.91 Å². The molecule has 2 aromatic carbocycles. The Morgan fingerprint density at radius 3 is 2.33 bits per heavy atom. The molecule has 0 aromatic heterocycles. The van der Waals surface area contributed by atoms with Crippen molar-refractivity contribution in [3.05, 3.63) is 64.7 Å². The first-order valence-corrected chi connectivity index (χ1v) is 8.44. The Bertz CT molecular complexity index is 695. The lowest BCUT2D eigenvalue weighted by Crippen LogP contribution is -2.48. The van der Waals surface area contributed by atoms with Gasteiger partial charge in [-0.15, -0.1) is 0 Å². The average molecular weight is 345 g/mol. The molecule has 3 rings (SSSR count). The third-order valence-electron chi connectivity index (χ3n) is 4.33. The minimum Gasteiger partial charge on any atom is -0.497 e. The fourth-order valence-electron chi connectivity index (χ4n) is 2.90. The van der Waals surface area contributed by atoms with Crippen molar-refractivity contribution in [1.82, 2.24) is 9.80 Å². The fraction of sp³-hybridized carbons (Fsp3) is 0.316. The molecule has 1 aliphatic rings. The van der Waals surface area contributed by atoms with E-state index < -0.39 is 0 Å². The maximum Gasteiger partial charge on any atom is 0.255 e. The highest BCUT2D eigenvalue weighted by molar-refractivity contribution is 6.33. The van der Waals surface area contributed by atoms with Gasteiger partial charge in [0.1, 0.15) is 5.75 Å². The van der Waals surface area contributed by atoms with Gasteiger partial charge in [0.15, 0.2) is 0 Å². The van der Waals surface area contributed by atoms with Gasteiger partial charge in [-0.05, 0) is 29.8 Å². The number of halogens is 1. The summed E-state index contributed by atoms with van der Waals surface area (Å²) in [7, 11) is 1.67. The van der Waals surface area contributed by atoms with Gasteiger partial charge < -0.3 is 9.64 Å². The van der Waals surface area contributed by atoms with Crippen molar-refractivity contribution in [2.75, 3.05) is 33.3 Å². The molecule has 1 amide bonds. The lowest BCUT2D eigenvalue weighted by molar-refractivity contribution is 0.0628. The molecule has 24 heavy (non-hydrogen) atoms. The van der Waals surface area contributed by atoms with Crippen LogP contribution in [0.1, 0.15) is 15.9 Å². The first-order valence-electron chi connectivity index (χ1n) is 8.06. The molecule has 126 valence electrons. The Balaban J connectivity index is 1.55. The smallest absolute Gasteiger partial charge is 0.255 e. The summed E-state index contributed by atoms with van der Waals surface area (Å²) in [6, 6.07) is 15.4. The highest BCUT2D eigenvalue weighted by Gasteiger charge is 2.23. The number of amides is 1. The number of rotatable bonds is 4. The maximum atomic E-state index is 12.6. The summed E-state index contributed by atoms with van der Waals surface area (Å²) in [5, 5.41) is 0.517. The summed E-state index contributed by atoms with van der Waals surface area (Å²) in [6.07, 6.45) is 0. The molecule has 0 bridgehead atoms. The van der Waals surface area contributed by atoms with E-state index in [2.05, 4.69) is 17.0 Å².